The first kappa shape index (κ1) is 16.9. The molecule has 0 aliphatic rings. The fraction of sp³-hybridized carbons (Fsp3) is 0.211. The predicted molar refractivity (Wildman–Crippen MR) is 93.7 cm³/mol. The largest absolute Gasteiger partial charge is 0.493 e. The van der Waals surface area contributed by atoms with Crippen LogP contribution in [-0.4, -0.2) is 13.2 Å². The number of methoxy groups -OCH3 is 1. The predicted octanol–water partition coefficient (Wildman–Crippen LogP) is 5.20. The first-order valence-electron chi connectivity index (χ1n) is 7.26. The minimum atomic E-state index is 0.0639. The molecule has 23 heavy (non-hydrogen) atoms. The highest BCUT2D eigenvalue weighted by molar-refractivity contribution is 6.30. The van der Waals surface area contributed by atoms with E-state index in [0.717, 1.165) is 11.1 Å². The van der Waals surface area contributed by atoms with Crippen molar-refractivity contribution in [3.8, 4) is 17.6 Å². The molecule has 0 aliphatic carbocycles. The fourth-order valence-corrected chi connectivity index (χ4v) is 2.23. The Balaban J connectivity index is 2.36. The van der Waals surface area contributed by atoms with E-state index in [0.29, 0.717) is 22.1 Å². The normalized spacial score (nSPS) is 11.2. The molecule has 0 spiro atoms. The summed E-state index contributed by atoms with van der Waals surface area (Å²) in [4.78, 5) is 0. The van der Waals surface area contributed by atoms with Gasteiger partial charge in [0.15, 0.2) is 11.5 Å². The van der Waals surface area contributed by atoms with Gasteiger partial charge in [-0.1, -0.05) is 29.8 Å². The Hall–Kier alpha value is -2.44. The van der Waals surface area contributed by atoms with Gasteiger partial charge in [-0.3, -0.25) is 0 Å². The van der Waals surface area contributed by atoms with Gasteiger partial charge in [-0.15, -0.1) is 0 Å². The zero-order chi connectivity index (χ0) is 16.8. The van der Waals surface area contributed by atoms with E-state index in [-0.39, 0.29) is 6.10 Å². The van der Waals surface area contributed by atoms with E-state index in [1.54, 1.807) is 19.2 Å². The molecule has 3 nitrogen and oxygen atoms in total. The lowest BCUT2D eigenvalue weighted by atomic mass is 10.0. The number of benzene rings is 2. The van der Waals surface area contributed by atoms with E-state index in [1.807, 2.05) is 50.3 Å². The van der Waals surface area contributed by atoms with Crippen molar-refractivity contribution in [3.05, 3.63) is 58.6 Å². The van der Waals surface area contributed by atoms with Crippen LogP contribution in [0.2, 0.25) is 5.02 Å². The molecule has 0 amide bonds. The summed E-state index contributed by atoms with van der Waals surface area (Å²) in [6, 6.07) is 15.0. The van der Waals surface area contributed by atoms with Crippen LogP contribution in [0.15, 0.2) is 42.5 Å². The molecular weight excluding hydrogens is 310 g/mol. The number of halogens is 1. The Morgan fingerprint density at radius 2 is 1.83 bits per heavy atom. The van der Waals surface area contributed by atoms with E-state index in [2.05, 4.69) is 6.07 Å². The Labute approximate surface area is 141 Å². The second-order valence-electron chi connectivity index (χ2n) is 5.25. The van der Waals surface area contributed by atoms with Crippen molar-refractivity contribution >= 4 is 23.3 Å². The number of hydrogen-bond donors (Lipinski definition) is 0. The van der Waals surface area contributed by atoms with E-state index in [4.69, 9.17) is 21.1 Å². The average molecular weight is 328 g/mol. The van der Waals surface area contributed by atoms with Gasteiger partial charge in [-0.05, 0) is 55.3 Å². The molecule has 2 rings (SSSR count). The molecule has 0 fully saturated rings. The van der Waals surface area contributed by atoms with Gasteiger partial charge < -0.3 is 9.47 Å². The van der Waals surface area contributed by atoms with Gasteiger partial charge in [-0.25, -0.2) is 0 Å². The third-order valence-electron chi connectivity index (χ3n) is 3.14. The third kappa shape index (κ3) is 4.51. The Kier molecular flexibility index (Phi) is 5.67. The monoisotopic (exact) mass is 327 g/mol. The standard InChI is InChI=1S/C19H18ClNO2/c1-13(2)23-18-9-4-14(11-19(18)22-3)10-16(12-21)15-5-7-17(20)8-6-15/h4-11,13H,1-3H3. The molecule has 2 aromatic rings. The van der Waals surface area contributed by atoms with Gasteiger partial charge in [0, 0.05) is 5.02 Å². The number of ether oxygens (including phenoxy) is 2. The molecule has 0 aliphatic heterocycles. The summed E-state index contributed by atoms with van der Waals surface area (Å²) in [6.07, 6.45) is 1.87. The number of rotatable bonds is 5. The van der Waals surface area contributed by atoms with Crippen molar-refractivity contribution in [3.63, 3.8) is 0 Å². The summed E-state index contributed by atoms with van der Waals surface area (Å²) in [5.74, 6) is 1.32. The lowest BCUT2D eigenvalue weighted by Crippen LogP contribution is -2.06. The lowest BCUT2D eigenvalue weighted by Gasteiger charge is -2.14. The molecule has 0 atom stereocenters. The summed E-state index contributed by atoms with van der Waals surface area (Å²) >= 11 is 5.89. The molecule has 0 unspecified atom stereocenters. The molecule has 0 heterocycles. The molecule has 118 valence electrons. The third-order valence-corrected chi connectivity index (χ3v) is 3.39. The fourth-order valence-electron chi connectivity index (χ4n) is 2.10. The van der Waals surface area contributed by atoms with Gasteiger partial charge in [0.1, 0.15) is 0 Å². The molecular formula is C19H18ClNO2. The Morgan fingerprint density at radius 3 is 2.39 bits per heavy atom. The van der Waals surface area contributed by atoms with Gasteiger partial charge in [0.2, 0.25) is 0 Å². The average Bonchev–Trinajstić information content (AvgIpc) is 2.54. The van der Waals surface area contributed by atoms with Gasteiger partial charge >= 0.3 is 0 Å². The SMILES string of the molecule is COc1cc(C=C(C#N)c2ccc(Cl)cc2)ccc1OC(C)C. The van der Waals surface area contributed by atoms with Crippen LogP contribution in [0, 0.1) is 11.3 Å². The molecule has 0 N–H and O–H groups in total. The van der Waals surface area contributed by atoms with Crippen molar-refractivity contribution < 1.29 is 9.47 Å². The first-order valence-corrected chi connectivity index (χ1v) is 7.63. The second kappa shape index (κ2) is 7.71. The summed E-state index contributed by atoms with van der Waals surface area (Å²) in [7, 11) is 1.60. The summed E-state index contributed by atoms with van der Waals surface area (Å²) in [5, 5.41) is 10.0. The highest BCUT2D eigenvalue weighted by atomic mass is 35.5. The van der Waals surface area contributed by atoms with E-state index in [1.165, 1.54) is 0 Å². The molecule has 2 aromatic carbocycles. The molecule has 0 bridgehead atoms. The van der Waals surface area contributed by atoms with Crippen LogP contribution < -0.4 is 9.47 Å². The van der Waals surface area contributed by atoms with Crippen LogP contribution in [0.1, 0.15) is 25.0 Å². The smallest absolute Gasteiger partial charge is 0.161 e. The minimum Gasteiger partial charge on any atom is -0.493 e. The van der Waals surface area contributed by atoms with E-state index < -0.39 is 0 Å². The number of nitrogens with zero attached hydrogens (tertiary/aromatic N) is 1. The first-order chi connectivity index (χ1) is 11.0. The second-order valence-corrected chi connectivity index (χ2v) is 5.69. The quantitative estimate of drug-likeness (QED) is 0.560. The van der Waals surface area contributed by atoms with Gasteiger partial charge in [-0.2, -0.15) is 5.26 Å². The maximum Gasteiger partial charge on any atom is 0.161 e. The number of allylic oxidation sites excluding steroid dienone is 1. The summed E-state index contributed by atoms with van der Waals surface area (Å²) in [5.41, 5.74) is 2.24. The number of nitriles is 1. The van der Waals surface area contributed by atoms with Crippen LogP contribution in [0.25, 0.3) is 11.6 Å². The lowest BCUT2D eigenvalue weighted by molar-refractivity contribution is 0.230. The molecule has 0 saturated heterocycles. The molecule has 0 aromatic heterocycles. The highest BCUT2D eigenvalue weighted by Gasteiger charge is 2.08. The van der Waals surface area contributed by atoms with Crippen LogP contribution >= 0.6 is 11.6 Å². The zero-order valence-electron chi connectivity index (χ0n) is 13.3. The maximum absolute atomic E-state index is 9.40. The summed E-state index contributed by atoms with van der Waals surface area (Å²) in [6.45, 7) is 3.92. The van der Waals surface area contributed by atoms with Crippen molar-refractivity contribution in [2.24, 2.45) is 0 Å². The van der Waals surface area contributed by atoms with Gasteiger partial charge in [0.25, 0.3) is 0 Å². The molecule has 0 radical (unpaired) electrons. The van der Waals surface area contributed by atoms with Crippen LogP contribution in [0.3, 0.4) is 0 Å². The molecule has 0 saturated carbocycles. The maximum atomic E-state index is 9.40. The van der Waals surface area contributed by atoms with Crippen molar-refractivity contribution in [2.45, 2.75) is 20.0 Å². The Morgan fingerprint density at radius 1 is 1.13 bits per heavy atom. The van der Waals surface area contributed by atoms with Crippen molar-refractivity contribution in [2.75, 3.05) is 7.11 Å². The molecule has 4 heteroatoms. The highest BCUT2D eigenvalue weighted by Crippen LogP contribution is 2.30. The van der Waals surface area contributed by atoms with Gasteiger partial charge in [0.05, 0.1) is 24.9 Å². The van der Waals surface area contributed by atoms with Crippen LogP contribution in [-0.2, 0) is 0 Å². The summed E-state index contributed by atoms with van der Waals surface area (Å²) < 4.78 is 11.1. The van der Waals surface area contributed by atoms with E-state index >= 15 is 0 Å². The van der Waals surface area contributed by atoms with Crippen molar-refractivity contribution in [1.82, 2.24) is 0 Å². The Bertz CT molecular complexity index is 743. The number of hydrogen-bond acceptors (Lipinski definition) is 3. The van der Waals surface area contributed by atoms with Crippen LogP contribution in [0.5, 0.6) is 11.5 Å². The van der Waals surface area contributed by atoms with Crippen molar-refractivity contribution in [1.29, 1.82) is 5.26 Å². The van der Waals surface area contributed by atoms with E-state index in [9.17, 15) is 5.26 Å². The topological polar surface area (TPSA) is 42.2 Å². The minimum absolute atomic E-state index is 0.0639. The zero-order valence-corrected chi connectivity index (χ0v) is 14.1. The van der Waals surface area contributed by atoms with Crippen LogP contribution in [0.4, 0.5) is 0 Å².